The molecule has 166 valence electrons. The molecular formula is C26H24N4O2S. The first-order valence-corrected chi connectivity index (χ1v) is 12.1. The zero-order chi connectivity index (χ0) is 22.6. The van der Waals surface area contributed by atoms with E-state index in [9.17, 15) is 9.59 Å². The average molecular weight is 457 g/mol. The highest BCUT2D eigenvalue weighted by molar-refractivity contribution is 7.20. The highest BCUT2D eigenvalue weighted by Gasteiger charge is 2.50. The van der Waals surface area contributed by atoms with E-state index in [0.717, 1.165) is 53.5 Å². The Labute approximate surface area is 195 Å². The monoisotopic (exact) mass is 456 g/mol. The van der Waals surface area contributed by atoms with Crippen LogP contribution in [0.15, 0.2) is 67.3 Å². The number of hydrogen-bond acceptors (Lipinski definition) is 4. The van der Waals surface area contributed by atoms with E-state index >= 15 is 0 Å². The van der Waals surface area contributed by atoms with Gasteiger partial charge in [0.1, 0.15) is 0 Å². The van der Waals surface area contributed by atoms with Gasteiger partial charge < -0.3 is 9.47 Å². The van der Waals surface area contributed by atoms with Gasteiger partial charge in [0.15, 0.2) is 0 Å². The average Bonchev–Trinajstić information content (AvgIpc) is 3.52. The number of rotatable bonds is 4. The predicted octanol–water partition coefficient (Wildman–Crippen LogP) is 5.24. The standard InChI is InChI=1S/C26H24N4O2S/c1-2-23(31)29-12-11-26(16-29)14-18(15-26)30-20-9-5-4-8-19(20)27-25(30)28-24(32)22-13-17-7-3-6-10-21(17)33-22/h2-10,13,18H,1,11-12,14-16H2,(H,27,28,32)/t18-,26-. The molecule has 1 N–H and O–H groups in total. The summed E-state index contributed by atoms with van der Waals surface area (Å²) >= 11 is 1.49. The molecule has 1 saturated heterocycles. The van der Waals surface area contributed by atoms with E-state index in [2.05, 4.69) is 22.5 Å². The van der Waals surface area contributed by atoms with E-state index < -0.39 is 0 Å². The van der Waals surface area contributed by atoms with Crippen LogP contribution in [0, 0.1) is 5.41 Å². The van der Waals surface area contributed by atoms with Gasteiger partial charge in [0, 0.05) is 23.8 Å². The summed E-state index contributed by atoms with van der Waals surface area (Å²) in [7, 11) is 0. The van der Waals surface area contributed by atoms with Crippen molar-refractivity contribution in [2.45, 2.75) is 25.3 Å². The summed E-state index contributed by atoms with van der Waals surface area (Å²) in [6.07, 6.45) is 4.36. The summed E-state index contributed by atoms with van der Waals surface area (Å²) in [5.74, 6) is 0.473. The van der Waals surface area contributed by atoms with Crippen LogP contribution < -0.4 is 5.32 Å². The smallest absolute Gasteiger partial charge is 0.268 e. The molecule has 2 aromatic heterocycles. The van der Waals surface area contributed by atoms with Crippen LogP contribution in [0.2, 0.25) is 0 Å². The number of fused-ring (bicyclic) bond motifs is 2. The van der Waals surface area contributed by atoms with Gasteiger partial charge >= 0.3 is 0 Å². The summed E-state index contributed by atoms with van der Waals surface area (Å²) in [6, 6.07) is 18.2. The van der Waals surface area contributed by atoms with Crippen LogP contribution >= 0.6 is 11.3 Å². The van der Waals surface area contributed by atoms with Gasteiger partial charge in [-0.3, -0.25) is 14.9 Å². The van der Waals surface area contributed by atoms with E-state index in [-0.39, 0.29) is 23.3 Å². The van der Waals surface area contributed by atoms with Gasteiger partial charge in [0.25, 0.3) is 5.91 Å². The fourth-order valence-corrected chi connectivity index (χ4v) is 6.43. The fourth-order valence-electron chi connectivity index (χ4n) is 5.47. The van der Waals surface area contributed by atoms with Crippen LogP contribution in [0.1, 0.15) is 35.0 Å². The van der Waals surface area contributed by atoms with Crippen molar-refractivity contribution >= 4 is 50.2 Å². The molecule has 0 radical (unpaired) electrons. The summed E-state index contributed by atoms with van der Waals surface area (Å²) < 4.78 is 3.28. The molecule has 7 heteroatoms. The number of benzene rings is 2. The number of thiophene rings is 1. The number of nitrogens with one attached hydrogen (secondary N) is 1. The van der Waals surface area contributed by atoms with Crippen molar-refractivity contribution in [1.82, 2.24) is 14.5 Å². The molecular weight excluding hydrogens is 432 g/mol. The number of hydrogen-bond donors (Lipinski definition) is 1. The van der Waals surface area contributed by atoms with E-state index in [1.807, 2.05) is 53.4 Å². The highest BCUT2D eigenvalue weighted by Crippen LogP contribution is 2.55. The lowest BCUT2D eigenvalue weighted by Gasteiger charge is -2.46. The Balaban J connectivity index is 1.28. The van der Waals surface area contributed by atoms with Crippen molar-refractivity contribution < 1.29 is 9.59 Å². The number of nitrogens with zero attached hydrogens (tertiary/aromatic N) is 3. The summed E-state index contributed by atoms with van der Waals surface area (Å²) in [6.45, 7) is 5.19. The molecule has 0 unspecified atom stereocenters. The first-order chi connectivity index (χ1) is 16.0. The minimum absolute atomic E-state index is 0.0136. The molecule has 1 aliphatic carbocycles. The summed E-state index contributed by atoms with van der Waals surface area (Å²) in [5, 5.41) is 4.16. The van der Waals surface area contributed by atoms with Gasteiger partial charge in [0.05, 0.1) is 15.9 Å². The molecule has 4 aromatic rings. The van der Waals surface area contributed by atoms with E-state index in [0.29, 0.717) is 10.8 Å². The van der Waals surface area contributed by atoms with Crippen molar-refractivity contribution in [3.8, 4) is 0 Å². The topological polar surface area (TPSA) is 67.2 Å². The maximum Gasteiger partial charge on any atom is 0.268 e. The lowest BCUT2D eigenvalue weighted by Crippen LogP contribution is -2.42. The van der Waals surface area contributed by atoms with Gasteiger partial charge in [-0.1, -0.05) is 36.9 Å². The SMILES string of the molecule is C=CC(=O)N1CC[C@]2(C1)C[C@H](n1c(NC(=O)c3cc4ccccc4s3)nc3ccccc31)C2. The van der Waals surface area contributed by atoms with Gasteiger partial charge in [-0.2, -0.15) is 0 Å². The van der Waals surface area contributed by atoms with Crippen LogP contribution in [0.25, 0.3) is 21.1 Å². The van der Waals surface area contributed by atoms with Crippen molar-refractivity contribution in [2.75, 3.05) is 18.4 Å². The van der Waals surface area contributed by atoms with Crippen LogP contribution in [0.4, 0.5) is 5.95 Å². The Bertz CT molecular complexity index is 1380. The highest BCUT2D eigenvalue weighted by atomic mass is 32.1. The molecule has 3 heterocycles. The van der Waals surface area contributed by atoms with Crippen molar-refractivity contribution in [2.24, 2.45) is 5.41 Å². The second-order valence-corrected chi connectivity index (χ2v) is 10.3. The van der Waals surface area contributed by atoms with Gasteiger partial charge in [-0.15, -0.1) is 11.3 Å². The Morgan fingerprint density at radius 2 is 1.94 bits per heavy atom. The normalized spacial score (nSPS) is 22.1. The van der Waals surface area contributed by atoms with Crippen molar-refractivity contribution in [1.29, 1.82) is 0 Å². The predicted molar refractivity (Wildman–Crippen MR) is 132 cm³/mol. The maximum absolute atomic E-state index is 13.1. The first kappa shape index (κ1) is 20.2. The third kappa shape index (κ3) is 3.35. The van der Waals surface area contributed by atoms with Gasteiger partial charge in [-0.05, 0) is 60.4 Å². The molecule has 33 heavy (non-hydrogen) atoms. The van der Waals surface area contributed by atoms with Gasteiger partial charge in [-0.25, -0.2) is 4.98 Å². The van der Waals surface area contributed by atoms with Crippen molar-refractivity contribution in [3.05, 3.63) is 72.1 Å². The van der Waals surface area contributed by atoms with E-state index in [1.54, 1.807) is 0 Å². The molecule has 2 fully saturated rings. The van der Waals surface area contributed by atoms with Crippen molar-refractivity contribution in [3.63, 3.8) is 0 Å². The maximum atomic E-state index is 13.1. The fraction of sp³-hybridized carbons (Fsp3) is 0.269. The molecule has 2 aromatic carbocycles. The van der Waals surface area contributed by atoms with Crippen LogP contribution in [0.3, 0.4) is 0 Å². The number of carbonyl (C=O) groups is 2. The Morgan fingerprint density at radius 1 is 1.15 bits per heavy atom. The Morgan fingerprint density at radius 3 is 2.76 bits per heavy atom. The molecule has 0 bridgehead atoms. The number of anilines is 1. The minimum Gasteiger partial charge on any atom is -0.339 e. The zero-order valence-corrected chi connectivity index (χ0v) is 19.0. The number of carbonyl (C=O) groups excluding carboxylic acids is 2. The molecule has 1 spiro atoms. The molecule has 6 nitrogen and oxygen atoms in total. The second kappa shape index (κ2) is 7.56. The third-order valence-electron chi connectivity index (χ3n) is 7.10. The molecule has 1 aliphatic heterocycles. The minimum atomic E-state index is -0.134. The van der Waals surface area contributed by atoms with E-state index in [1.165, 1.54) is 17.4 Å². The third-order valence-corrected chi connectivity index (χ3v) is 8.21. The number of amides is 2. The second-order valence-electron chi connectivity index (χ2n) is 9.17. The van der Waals surface area contributed by atoms with Crippen LogP contribution in [0.5, 0.6) is 0 Å². The number of para-hydroxylation sites is 2. The molecule has 2 amide bonds. The quantitative estimate of drug-likeness (QED) is 0.427. The van der Waals surface area contributed by atoms with Crippen LogP contribution in [-0.2, 0) is 4.79 Å². The number of aromatic nitrogens is 2. The van der Waals surface area contributed by atoms with E-state index in [4.69, 9.17) is 4.98 Å². The Kier molecular flexibility index (Phi) is 4.62. The van der Waals surface area contributed by atoms with Crippen LogP contribution in [-0.4, -0.2) is 39.4 Å². The molecule has 6 rings (SSSR count). The lowest BCUT2D eigenvalue weighted by atomic mass is 9.65. The molecule has 2 aliphatic rings. The Hall–Kier alpha value is -3.45. The first-order valence-electron chi connectivity index (χ1n) is 11.2. The van der Waals surface area contributed by atoms with Gasteiger partial charge in [0.2, 0.25) is 11.9 Å². The summed E-state index contributed by atoms with van der Waals surface area (Å²) in [5.41, 5.74) is 2.06. The molecule has 1 saturated carbocycles. The molecule has 0 atom stereocenters. The number of imidazole rings is 1. The number of likely N-dealkylation sites (tertiary alicyclic amines) is 1. The lowest BCUT2D eigenvalue weighted by molar-refractivity contribution is -0.125. The summed E-state index contributed by atoms with van der Waals surface area (Å²) in [4.78, 5) is 32.5. The zero-order valence-electron chi connectivity index (χ0n) is 18.2. The largest absolute Gasteiger partial charge is 0.339 e.